The minimum atomic E-state index is -0.101. The Morgan fingerprint density at radius 2 is 1.62 bits per heavy atom. The topological polar surface area (TPSA) is 67.9 Å². The predicted octanol–water partition coefficient (Wildman–Crippen LogP) is 0.196. The monoisotopic (exact) mass is 357 g/mol. The molecule has 1 aromatic rings. The van der Waals surface area contributed by atoms with Crippen molar-refractivity contribution in [2.75, 3.05) is 63.8 Å². The number of fused-ring (bicyclic) bond motifs is 1. The molecule has 3 saturated heterocycles. The zero-order valence-corrected chi connectivity index (χ0v) is 15.1. The summed E-state index contributed by atoms with van der Waals surface area (Å²) < 4.78 is 0. The molecule has 3 heterocycles. The van der Waals surface area contributed by atoms with Gasteiger partial charge in [-0.2, -0.15) is 0 Å². The molecule has 3 amide bonds. The van der Waals surface area contributed by atoms with Gasteiger partial charge in [-0.1, -0.05) is 18.2 Å². The third-order valence-corrected chi connectivity index (χ3v) is 5.82. The van der Waals surface area contributed by atoms with E-state index in [1.165, 1.54) is 5.69 Å². The van der Waals surface area contributed by atoms with Gasteiger partial charge in [0.15, 0.2) is 0 Å². The lowest BCUT2D eigenvalue weighted by molar-refractivity contribution is -0.130. The number of nitrogens with one attached hydrogen (secondary N) is 2. The summed E-state index contributed by atoms with van der Waals surface area (Å²) in [6, 6.07) is 10.2. The van der Waals surface area contributed by atoms with Crippen LogP contribution in [0.15, 0.2) is 30.3 Å². The summed E-state index contributed by atoms with van der Waals surface area (Å²) in [5.41, 5.74) is 1.20. The molecule has 7 heteroatoms. The van der Waals surface area contributed by atoms with E-state index in [2.05, 4.69) is 27.7 Å². The van der Waals surface area contributed by atoms with Gasteiger partial charge in [-0.25, -0.2) is 4.79 Å². The second-order valence-electron chi connectivity index (χ2n) is 7.45. The molecule has 140 valence electrons. The number of nitrogens with zero attached hydrogens (tertiary/aromatic N) is 3. The number of urea groups is 1. The first kappa shape index (κ1) is 17.1. The van der Waals surface area contributed by atoms with Gasteiger partial charge < -0.3 is 25.3 Å². The largest absolute Gasteiger partial charge is 0.368 e. The third-order valence-electron chi connectivity index (χ3n) is 5.82. The number of hydrogen-bond acceptors (Lipinski definition) is 4. The van der Waals surface area contributed by atoms with Crippen LogP contribution in [0.2, 0.25) is 0 Å². The summed E-state index contributed by atoms with van der Waals surface area (Å²) >= 11 is 0. The lowest BCUT2D eigenvalue weighted by Gasteiger charge is -2.36. The summed E-state index contributed by atoms with van der Waals surface area (Å²) in [5, 5.41) is 6.18. The summed E-state index contributed by atoms with van der Waals surface area (Å²) in [6.45, 7) is 6.73. The van der Waals surface area contributed by atoms with Crippen LogP contribution >= 0.6 is 0 Å². The van der Waals surface area contributed by atoms with Crippen LogP contribution in [-0.2, 0) is 4.79 Å². The van der Waals surface area contributed by atoms with Gasteiger partial charge in [-0.3, -0.25) is 4.79 Å². The average molecular weight is 357 g/mol. The maximum atomic E-state index is 12.4. The van der Waals surface area contributed by atoms with Crippen molar-refractivity contribution in [2.45, 2.75) is 0 Å². The third kappa shape index (κ3) is 3.62. The van der Waals surface area contributed by atoms with E-state index >= 15 is 0 Å². The molecule has 0 radical (unpaired) electrons. The Bertz CT molecular complexity index is 633. The number of hydrogen-bond donors (Lipinski definition) is 2. The van der Waals surface area contributed by atoms with Crippen LogP contribution in [0.1, 0.15) is 0 Å². The number of para-hydroxylation sites is 1. The van der Waals surface area contributed by atoms with E-state index in [0.717, 1.165) is 39.3 Å². The smallest absolute Gasteiger partial charge is 0.317 e. The molecule has 2 atom stereocenters. The molecule has 0 unspecified atom stereocenters. The molecule has 2 N–H and O–H groups in total. The van der Waals surface area contributed by atoms with Gasteiger partial charge in [-0.05, 0) is 24.0 Å². The molecule has 4 rings (SSSR count). The minimum Gasteiger partial charge on any atom is -0.368 e. The van der Waals surface area contributed by atoms with Crippen LogP contribution in [0.3, 0.4) is 0 Å². The number of rotatable bonds is 3. The fraction of sp³-hybridized carbons (Fsp3) is 0.579. The van der Waals surface area contributed by atoms with Crippen molar-refractivity contribution >= 4 is 17.6 Å². The maximum absolute atomic E-state index is 12.4. The summed E-state index contributed by atoms with van der Waals surface area (Å²) in [5.74, 6) is 1.15. The number of benzene rings is 1. The van der Waals surface area contributed by atoms with E-state index < -0.39 is 0 Å². The maximum Gasteiger partial charge on any atom is 0.317 e. The van der Waals surface area contributed by atoms with Crippen molar-refractivity contribution in [3.63, 3.8) is 0 Å². The van der Waals surface area contributed by atoms with Crippen LogP contribution in [-0.4, -0.2) is 80.6 Å². The highest BCUT2D eigenvalue weighted by molar-refractivity contribution is 5.84. The van der Waals surface area contributed by atoms with Gasteiger partial charge in [0.05, 0.1) is 6.54 Å². The number of amides is 3. The van der Waals surface area contributed by atoms with E-state index in [4.69, 9.17) is 0 Å². The van der Waals surface area contributed by atoms with E-state index in [1.54, 1.807) is 0 Å². The lowest BCUT2D eigenvalue weighted by atomic mass is 10.0. The van der Waals surface area contributed by atoms with Gasteiger partial charge in [0.1, 0.15) is 0 Å². The second kappa shape index (κ2) is 7.53. The zero-order chi connectivity index (χ0) is 17.9. The minimum absolute atomic E-state index is 0.00659. The SMILES string of the molecule is O=C(CNC(=O)N1C[C@H]2CNC[C@H]2C1)N1CCN(c2ccccc2)CC1. The Morgan fingerprint density at radius 1 is 0.962 bits per heavy atom. The van der Waals surface area contributed by atoms with Crippen molar-refractivity contribution in [3.05, 3.63) is 30.3 Å². The average Bonchev–Trinajstić information content (AvgIpc) is 3.29. The second-order valence-corrected chi connectivity index (χ2v) is 7.45. The molecule has 0 bridgehead atoms. The van der Waals surface area contributed by atoms with Crippen LogP contribution in [0, 0.1) is 11.8 Å². The molecule has 0 saturated carbocycles. The standard InChI is InChI=1S/C19H27N5O2/c25-18(12-21-19(26)24-13-15-10-20-11-16(15)14-24)23-8-6-22(7-9-23)17-4-2-1-3-5-17/h1-5,15-16,20H,6-14H2,(H,21,26)/t15-,16+. The van der Waals surface area contributed by atoms with E-state index in [0.29, 0.717) is 24.9 Å². The number of piperazine rings is 1. The van der Waals surface area contributed by atoms with Gasteiger partial charge in [-0.15, -0.1) is 0 Å². The first-order chi connectivity index (χ1) is 12.7. The van der Waals surface area contributed by atoms with E-state index in [1.807, 2.05) is 28.0 Å². The highest BCUT2D eigenvalue weighted by Crippen LogP contribution is 2.26. The fourth-order valence-electron chi connectivity index (χ4n) is 4.25. The molecule has 3 aliphatic heterocycles. The summed E-state index contributed by atoms with van der Waals surface area (Å²) in [7, 11) is 0. The van der Waals surface area contributed by atoms with Gasteiger partial charge >= 0.3 is 6.03 Å². The van der Waals surface area contributed by atoms with Crippen LogP contribution < -0.4 is 15.5 Å². The Kier molecular flexibility index (Phi) is 4.97. The van der Waals surface area contributed by atoms with Crippen molar-refractivity contribution < 1.29 is 9.59 Å². The van der Waals surface area contributed by atoms with Gasteiger partial charge in [0.2, 0.25) is 5.91 Å². The first-order valence-electron chi connectivity index (χ1n) is 9.52. The number of carbonyl (C=O) groups excluding carboxylic acids is 2. The zero-order valence-electron chi connectivity index (χ0n) is 15.1. The Balaban J connectivity index is 1.20. The molecule has 0 spiro atoms. The van der Waals surface area contributed by atoms with Crippen LogP contribution in [0.4, 0.5) is 10.5 Å². The molecular weight excluding hydrogens is 330 g/mol. The molecule has 3 aliphatic rings. The summed E-state index contributed by atoms with van der Waals surface area (Å²) in [4.78, 5) is 30.7. The predicted molar refractivity (Wildman–Crippen MR) is 100 cm³/mol. The van der Waals surface area contributed by atoms with Crippen LogP contribution in [0.5, 0.6) is 0 Å². The molecule has 7 nitrogen and oxygen atoms in total. The highest BCUT2D eigenvalue weighted by atomic mass is 16.2. The highest BCUT2D eigenvalue weighted by Gasteiger charge is 2.38. The number of anilines is 1. The Labute approximate surface area is 154 Å². The number of likely N-dealkylation sites (tertiary alicyclic amines) is 1. The molecule has 3 fully saturated rings. The van der Waals surface area contributed by atoms with Crippen molar-refractivity contribution in [1.29, 1.82) is 0 Å². The molecule has 0 aromatic heterocycles. The summed E-state index contributed by atoms with van der Waals surface area (Å²) in [6.07, 6.45) is 0. The van der Waals surface area contributed by atoms with Gasteiger partial charge in [0.25, 0.3) is 0 Å². The quantitative estimate of drug-likeness (QED) is 0.811. The molecule has 26 heavy (non-hydrogen) atoms. The van der Waals surface area contributed by atoms with Crippen molar-refractivity contribution in [2.24, 2.45) is 11.8 Å². The molecular formula is C19H27N5O2. The van der Waals surface area contributed by atoms with E-state index in [9.17, 15) is 9.59 Å². The van der Waals surface area contributed by atoms with Gasteiger partial charge in [0, 0.05) is 58.0 Å². The van der Waals surface area contributed by atoms with Crippen LogP contribution in [0.25, 0.3) is 0 Å². The Morgan fingerprint density at radius 3 is 2.27 bits per heavy atom. The first-order valence-corrected chi connectivity index (χ1v) is 9.52. The normalized spacial score (nSPS) is 25.3. The molecule has 1 aromatic carbocycles. The number of carbonyl (C=O) groups is 2. The fourth-order valence-corrected chi connectivity index (χ4v) is 4.25. The van der Waals surface area contributed by atoms with Crippen molar-refractivity contribution in [1.82, 2.24) is 20.4 Å². The molecule has 0 aliphatic carbocycles. The lowest BCUT2D eigenvalue weighted by Crippen LogP contribution is -2.52. The Hall–Kier alpha value is -2.28. The van der Waals surface area contributed by atoms with E-state index in [-0.39, 0.29) is 18.5 Å². The van der Waals surface area contributed by atoms with Crippen molar-refractivity contribution in [3.8, 4) is 0 Å².